The van der Waals surface area contributed by atoms with Crippen molar-refractivity contribution in [3.63, 3.8) is 0 Å². The van der Waals surface area contributed by atoms with Crippen LogP contribution in [0.15, 0.2) is 33.9 Å². The SMILES string of the molecule is COc1ccccc1CNc1n[nH]c(=O)[nH]c1=O. The van der Waals surface area contributed by atoms with Crippen LogP contribution in [0.5, 0.6) is 5.75 Å². The molecule has 0 radical (unpaired) electrons. The first-order valence-corrected chi connectivity index (χ1v) is 5.25. The molecule has 0 saturated heterocycles. The third-order valence-electron chi connectivity index (χ3n) is 2.35. The molecule has 7 nitrogen and oxygen atoms in total. The molecule has 0 aliphatic carbocycles. The summed E-state index contributed by atoms with van der Waals surface area (Å²) in [5, 5.41) is 8.59. The summed E-state index contributed by atoms with van der Waals surface area (Å²) in [5.74, 6) is 0.770. The van der Waals surface area contributed by atoms with Crippen LogP contribution in [-0.4, -0.2) is 22.3 Å². The van der Waals surface area contributed by atoms with Crippen LogP contribution in [0.3, 0.4) is 0 Å². The number of aromatic amines is 2. The number of H-pyrrole nitrogens is 2. The Bertz CT molecular complexity index is 647. The van der Waals surface area contributed by atoms with Crippen LogP contribution < -0.4 is 21.3 Å². The number of ether oxygens (including phenoxy) is 1. The molecule has 0 saturated carbocycles. The van der Waals surface area contributed by atoms with Crippen molar-refractivity contribution < 1.29 is 4.74 Å². The number of nitrogens with zero attached hydrogens (tertiary/aromatic N) is 1. The highest BCUT2D eigenvalue weighted by atomic mass is 16.5. The van der Waals surface area contributed by atoms with Crippen molar-refractivity contribution in [3.8, 4) is 5.75 Å². The highest BCUT2D eigenvalue weighted by molar-refractivity contribution is 5.37. The van der Waals surface area contributed by atoms with Gasteiger partial charge in [0.1, 0.15) is 5.75 Å². The molecule has 2 rings (SSSR count). The van der Waals surface area contributed by atoms with Gasteiger partial charge < -0.3 is 10.1 Å². The van der Waals surface area contributed by atoms with Gasteiger partial charge in [0.05, 0.1) is 7.11 Å². The average Bonchev–Trinajstić information content (AvgIpc) is 2.38. The summed E-state index contributed by atoms with van der Waals surface area (Å²) >= 11 is 0. The van der Waals surface area contributed by atoms with Crippen LogP contribution in [-0.2, 0) is 6.54 Å². The predicted molar refractivity (Wildman–Crippen MR) is 65.8 cm³/mol. The summed E-state index contributed by atoms with van der Waals surface area (Å²) in [4.78, 5) is 24.3. The standard InChI is InChI=1S/C11H12N4O3/c1-18-8-5-3-2-4-7(8)6-12-9-10(16)13-11(17)15-14-9/h2-5H,6H2,1H3,(H,12,14)(H2,13,15,16,17). The molecule has 3 N–H and O–H groups in total. The van der Waals surface area contributed by atoms with Crippen molar-refractivity contribution >= 4 is 5.82 Å². The third-order valence-corrected chi connectivity index (χ3v) is 2.35. The summed E-state index contributed by atoms with van der Waals surface area (Å²) in [6, 6.07) is 7.41. The van der Waals surface area contributed by atoms with E-state index >= 15 is 0 Å². The van der Waals surface area contributed by atoms with E-state index in [9.17, 15) is 9.59 Å². The molecule has 2 aromatic rings. The van der Waals surface area contributed by atoms with Gasteiger partial charge in [-0.3, -0.25) is 9.78 Å². The minimum atomic E-state index is -0.636. The van der Waals surface area contributed by atoms with E-state index in [0.717, 1.165) is 5.56 Å². The van der Waals surface area contributed by atoms with Crippen molar-refractivity contribution in [3.05, 3.63) is 50.7 Å². The summed E-state index contributed by atoms with van der Waals surface area (Å²) in [6.07, 6.45) is 0. The van der Waals surface area contributed by atoms with E-state index in [0.29, 0.717) is 12.3 Å². The molecular weight excluding hydrogens is 236 g/mol. The number of anilines is 1. The number of methoxy groups -OCH3 is 1. The molecule has 1 aromatic carbocycles. The van der Waals surface area contributed by atoms with Gasteiger partial charge in [-0.25, -0.2) is 9.89 Å². The lowest BCUT2D eigenvalue weighted by Gasteiger charge is -2.08. The first-order valence-electron chi connectivity index (χ1n) is 5.25. The molecule has 0 atom stereocenters. The number of hydrogen-bond acceptors (Lipinski definition) is 5. The van der Waals surface area contributed by atoms with Gasteiger partial charge in [0.15, 0.2) is 0 Å². The zero-order chi connectivity index (χ0) is 13.0. The van der Waals surface area contributed by atoms with E-state index in [2.05, 4.69) is 20.5 Å². The molecule has 94 valence electrons. The van der Waals surface area contributed by atoms with Gasteiger partial charge in [-0.1, -0.05) is 18.2 Å². The van der Waals surface area contributed by atoms with E-state index in [4.69, 9.17) is 4.74 Å². The Hall–Kier alpha value is -2.57. The van der Waals surface area contributed by atoms with E-state index in [1.165, 1.54) is 0 Å². The molecule has 18 heavy (non-hydrogen) atoms. The molecule has 0 spiro atoms. The van der Waals surface area contributed by atoms with Crippen molar-refractivity contribution in [1.29, 1.82) is 0 Å². The average molecular weight is 248 g/mol. The van der Waals surface area contributed by atoms with Crippen LogP contribution in [0.4, 0.5) is 5.82 Å². The molecule has 0 aliphatic rings. The van der Waals surface area contributed by atoms with Crippen molar-refractivity contribution in [2.45, 2.75) is 6.54 Å². The molecule has 0 amide bonds. The van der Waals surface area contributed by atoms with Gasteiger partial charge >= 0.3 is 5.69 Å². The lowest BCUT2D eigenvalue weighted by atomic mass is 10.2. The maximum Gasteiger partial charge on any atom is 0.342 e. The summed E-state index contributed by atoms with van der Waals surface area (Å²) in [5.41, 5.74) is -0.316. The number of benzene rings is 1. The second kappa shape index (κ2) is 5.17. The second-order valence-electron chi connectivity index (χ2n) is 3.52. The largest absolute Gasteiger partial charge is 0.496 e. The number of hydrogen-bond donors (Lipinski definition) is 3. The molecule has 7 heteroatoms. The fourth-order valence-corrected chi connectivity index (χ4v) is 1.50. The lowest BCUT2D eigenvalue weighted by Crippen LogP contribution is -2.26. The molecule has 0 fully saturated rings. The fraction of sp³-hybridized carbons (Fsp3) is 0.182. The van der Waals surface area contributed by atoms with Gasteiger partial charge in [-0.05, 0) is 6.07 Å². The Morgan fingerprint density at radius 2 is 2.11 bits per heavy atom. The maximum absolute atomic E-state index is 11.4. The maximum atomic E-state index is 11.4. The van der Waals surface area contributed by atoms with Crippen molar-refractivity contribution in [2.24, 2.45) is 0 Å². The zero-order valence-corrected chi connectivity index (χ0v) is 9.69. The van der Waals surface area contributed by atoms with Crippen LogP contribution in [0.25, 0.3) is 0 Å². The van der Waals surface area contributed by atoms with E-state index < -0.39 is 11.2 Å². The van der Waals surface area contributed by atoms with Crippen molar-refractivity contribution in [1.82, 2.24) is 15.2 Å². The van der Waals surface area contributed by atoms with Crippen LogP contribution >= 0.6 is 0 Å². The normalized spacial score (nSPS) is 10.1. The second-order valence-corrected chi connectivity index (χ2v) is 3.52. The lowest BCUT2D eigenvalue weighted by molar-refractivity contribution is 0.410. The van der Waals surface area contributed by atoms with Crippen molar-refractivity contribution in [2.75, 3.05) is 12.4 Å². The van der Waals surface area contributed by atoms with Gasteiger partial charge in [0.2, 0.25) is 5.82 Å². The zero-order valence-electron chi connectivity index (χ0n) is 9.69. The smallest absolute Gasteiger partial charge is 0.342 e. The van der Waals surface area contributed by atoms with Crippen LogP contribution in [0.1, 0.15) is 5.56 Å². The molecule has 0 unspecified atom stereocenters. The Balaban J connectivity index is 2.16. The minimum Gasteiger partial charge on any atom is -0.496 e. The minimum absolute atomic E-state index is 0.0560. The summed E-state index contributed by atoms with van der Waals surface area (Å²) in [6.45, 7) is 0.367. The monoisotopic (exact) mass is 248 g/mol. The predicted octanol–water partition coefficient (Wildman–Crippen LogP) is 0.0789. The fourth-order valence-electron chi connectivity index (χ4n) is 1.50. The number of rotatable bonds is 4. The third kappa shape index (κ3) is 2.57. The Morgan fingerprint density at radius 3 is 2.83 bits per heavy atom. The molecule has 0 aliphatic heterocycles. The molecule has 1 aromatic heterocycles. The number of para-hydroxylation sites is 1. The number of aromatic nitrogens is 3. The molecular formula is C11H12N4O3. The Labute approximate surface area is 102 Å². The highest BCUT2D eigenvalue weighted by Crippen LogP contribution is 2.17. The van der Waals surface area contributed by atoms with E-state index in [1.807, 2.05) is 24.3 Å². The molecule has 1 heterocycles. The Kier molecular flexibility index (Phi) is 3.42. The first kappa shape index (κ1) is 11.9. The van der Waals surface area contributed by atoms with Crippen LogP contribution in [0.2, 0.25) is 0 Å². The van der Waals surface area contributed by atoms with Gasteiger partial charge in [0, 0.05) is 12.1 Å². The summed E-state index contributed by atoms with van der Waals surface area (Å²) < 4.78 is 5.18. The summed E-state index contributed by atoms with van der Waals surface area (Å²) in [7, 11) is 1.57. The highest BCUT2D eigenvalue weighted by Gasteiger charge is 2.04. The van der Waals surface area contributed by atoms with Gasteiger partial charge in [-0.2, -0.15) is 0 Å². The quantitative estimate of drug-likeness (QED) is 0.711. The van der Waals surface area contributed by atoms with Gasteiger partial charge in [-0.15, -0.1) is 5.10 Å². The first-order chi connectivity index (χ1) is 8.70. The van der Waals surface area contributed by atoms with Crippen LogP contribution in [0, 0.1) is 0 Å². The topological polar surface area (TPSA) is 99.9 Å². The van der Waals surface area contributed by atoms with E-state index in [-0.39, 0.29) is 5.82 Å². The Morgan fingerprint density at radius 1 is 1.33 bits per heavy atom. The molecule has 0 bridgehead atoms. The number of nitrogens with one attached hydrogen (secondary N) is 3. The van der Waals surface area contributed by atoms with Gasteiger partial charge in [0.25, 0.3) is 5.56 Å². The van der Waals surface area contributed by atoms with E-state index in [1.54, 1.807) is 7.11 Å².